The summed E-state index contributed by atoms with van der Waals surface area (Å²) in [6.45, 7) is 3.88. The van der Waals surface area contributed by atoms with Gasteiger partial charge in [0.05, 0.1) is 5.71 Å². The first kappa shape index (κ1) is 12.2. The zero-order chi connectivity index (χ0) is 13.0. The molecule has 0 aliphatic carbocycles. The summed E-state index contributed by atoms with van der Waals surface area (Å²) in [5, 5.41) is 13.3. The number of hydrogen-bond donors (Lipinski definition) is 1. The molecule has 0 fully saturated rings. The predicted octanol–water partition coefficient (Wildman–Crippen LogP) is 3.50. The topological polar surface area (TPSA) is 41.8 Å². The molecule has 0 atom stereocenters. The van der Waals surface area contributed by atoms with Crippen LogP contribution in [-0.4, -0.2) is 10.8 Å². The van der Waals surface area contributed by atoms with E-state index in [9.17, 15) is 5.11 Å². The van der Waals surface area contributed by atoms with Gasteiger partial charge in [0.25, 0.3) is 0 Å². The standard InChI is InChI=1S/C15H15NO2/c1-11-3-9-15(10-4-11)18-16-12(2)13-5-7-14(17)8-6-13/h3-10,17H,1-2H3/b16-12+. The van der Waals surface area contributed by atoms with Gasteiger partial charge in [-0.3, -0.25) is 0 Å². The highest BCUT2D eigenvalue weighted by Crippen LogP contribution is 2.13. The maximum atomic E-state index is 9.20. The Labute approximate surface area is 106 Å². The second-order valence-corrected chi connectivity index (χ2v) is 4.13. The van der Waals surface area contributed by atoms with Crippen molar-refractivity contribution in [3.63, 3.8) is 0 Å². The molecule has 92 valence electrons. The van der Waals surface area contributed by atoms with Crippen LogP contribution in [0, 0.1) is 6.92 Å². The quantitative estimate of drug-likeness (QED) is 0.660. The van der Waals surface area contributed by atoms with Gasteiger partial charge in [0.2, 0.25) is 0 Å². The van der Waals surface area contributed by atoms with Crippen LogP contribution < -0.4 is 4.84 Å². The van der Waals surface area contributed by atoms with Crippen LogP contribution in [0.15, 0.2) is 53.7 Å². The van der Waals surface area contributed by atoms with Crippen LogP contribution in [0.4, 0.5) is 0 Å². The fraction of sp³-hybridized carbons (Fsp3) is 0.133. The number of benzene rings is 2. The molecule has 1 N–H and O–H groups in total. The minimum atomic E-state index is 0.242. The Morgan fingerprint density at radius 2 is 1.61 bits per heavy atom. The molecule has 0 aliphatic heterocycles. The van der Waals surface area contributed by atoms with E-state index in [2.05, 4.69) is 5.16 Å². The minimum Gasteiger partial charge on any atom is -0.508 e. The van der Waals surface area contributed by atoms with Gasteiger partial charge in [0, 0.05) is 0 Å². The molecular weight excluding hydrogens is 226 g/mol. The van der Waals surface area contributed by atoms with Gasteiger partial charge in [-0.05, 0) is 55.8 Å². The summed E-state index contributed by atoms with van der Waals surface area (Å²) in [6.07, 6.45) is 0. The Morgan fingerprint density at radius 1 is 1.00 bits per heavy atom. The number of phenols is 1. The second kappa shape index (κ2) is 5.36. The second-order valence-electron chi connectivity index (χ2n) is 4.13. The van der Waals surface area contributed by atoms with Crippen molar-refractivity contribution in [1.29, 1.82) is 0 Å². The van der Waals surface area contributed by atoms with Crippen LogP contribution in [-0.2, 0) is 0 Å². The van der Waals surface area contributed by atoms with Crippen molar-refractivity contribution in [3.05, 3.63) is 59.7 Å². The fourth-order valence-corrected chi connectivity index (χ4v) is 1.48. The number of rotatable bonds is 3. The summed E-state index contributed by atoms with van der Waals surface area (Å²) >= 11 is 0. The average molecular weight is 241 g/mol. The average Bonchev–Trinajstić information content (AvgIpc) is 2.38. The largest absolute Gasteiger partial charge is 0.508 e. The van der Waals surface area contributed by atoms with E-state index in [1.54, 1.807) is 24.3 Å². The first-order valence-corrected chi connectivity index (χ1v) is 5.73. The molecule has 0 saturated heterocycles. The van der Waals surface area contributed by atoms with E-state index in [1.807, 2.05) is 38.1 Å². The molecule has 0 aromatic heterocycles. The molecule has 0 spiro atoms. The third kappa shape index (κ3) is 3.10. The van der Waals surface area contributed by atoms with Gasteiger partial charge in [0.15, 0.2) is 5.75 Å². The van der Waals surface area contributed by atoms with Crippen LogP contribution in [0.3, 0.4) is 0 Å². The number of phenolic OH excluding ortho intramolecular Hbond substituents is 1. The van der Waals surface area contributed by atoms with Gasteiger partial charge in [-0.15, -0.1) is 0 Å². The van der Waals surface area contributed by atoms with Gasteiger partial charge in [-0.1, -0.05) is 22.9 Å². The Hall–Kier alpha value is -2.29. The van der Waals surface area contributed by atoms with E-state index in [0.29, 0.717) is 5.75 Å². The molecule has 0 heterocycles. The van der Waals surface area contributed by atoms with Crippen molar-refractivity contribution in [1.82, 2.24) is 0 Å². The molecule has 2 rings (SSSR count). The third-order valence-corrected chi connectivity index (χ3v) is 2.59. The summed E-state index contributed by atoms with van der Waals surface area (Å²) in [5.41, 5.74) is 2.86. The predicted molar refractivity (Wildman–Crippen MR) is 72.1 cm³/mol. The van der Waals surface area contributed by atoms with Crippen LogP contribution in [0.25, 0.3) is 0 Å². The van der Waals surface area contributed by atoms with Crippen molar-refractivity contribution < 1.29 is 9.94 Å². The van der Waals surface area contributed by atoms with Crippen LogP contribution in [0.2, 0.25) is 0 Å². The highest BCUT2D eigenvalue weighted by atomic mass is 16.6. The number of aryl methyl sites for hydroxylation is 1. The third-order valence-electron chi connectivity index (χ3n) is 2.59. The lowest BCUT2D eigenvalue weighted by atomic mass is 10.1. The first-order valence-electron chi connectivity index (χ1n) is 5.73. The van der Waals surface area contributed by atoms with Crippen molar-refractivity contribution in [3.8, 4) is 11.5 Å². The molecule has 2 aromatic carbocycles. The van der Waals surface area contributed by atoms with Gasteiger partial charge < -0.3 is 9.94 Å². The Balaban J connectivity index is 2.09. The molecule has 2 aromatic rings. The highest BCUT2D eigenvalue weighted by Gasteiger charge is 1.98. The monoisotopic (exact) mass is 241 g/mol. The lowest BCUT2D eigenvalue weighted by Gasteiger charge is -2.02. The zero-order valence-electron chi connectivity index (χ0n) is 10.4. The lowest BCUT2D eigenvalue weighted by Crippen LogP contribution is -1.97. The van der Waals surface area contributed by atoms with Crippen molar-refractivity contribution in [2.75, 3.05) is 0 Å². The Kier molecular flexibility index (Phi) is 3.63. The molecule has 0 amide bonds. The van der Waals surface area contributed by atoms with Crippen molar-refractivity contribution in [2.24, 2.45) is 5.16 Å². The summed E-state index contributed by atoms with van der Waals surface area (Å²) < 4.78 is 0. The zero-order valence-corrected chi connectivity index (χ0v) is 10.4. The van der Waals surface area contributed by atoms with E-state index in [-0.39, 0.29) is 5.75 Å². The normalized spacial score (nSPS) is 11.3. The minimum absolute atomic E-state index is 0.242. The molecule has 0 unspecified atom stereocenters. The molecule has 0 saturated carbocycles. The highest BCUT2D eigenvalue weighted by molar-refractivity contribution is 5.98. The van der Waals surface area contributed by atoms with Gasteiger partial charge in [-0.25, -0.2) is 0 Å². The number of oxime groups is 1. The van der Waals surface area contributed by atoms with E-state index in [1.165, 1.54) is 5.56 Å². The van der Waals surface area contributed by atoms with Gasteiger partial charge in [0.1, 0.15) is 5.75 Å². The fourth-order valence-electron chi connectivity index (χ4n) is 1.48. The van der Waals surface area contributed by atoms with Crippen LogP contribution in [0.1, 0.15) is 18.1 Å². The number of aromatic hydroxyl groups is 1. The summed E-state index contributed by atoms with van der Waals surface area (Å²) in [4.78, 5) is 5.33. The molecule has 0 radical (unpaired) electrons. The number of hydrogen-bond acceptors (Lipinski definition) is 3. The van der Waals surface area contributed by atoms with Crippen LogP contribution in [0.5, 0.6) is 11.5 Å². The molecule has 3 heteroatoms. The Morgan fingerprint density at radius 3 is 2.22 bits per heavy atom. The van der Waals surface area contributed by atoms with E-state index in [0.717, 1.165) is 11.3 Å². The number of nitrogens with zero attached hydrogens (tertiary/aromatic N) is 1. The van der Waals surface area contributed by atoms with Crippen molar-refractivity contribution in [2.45, 2.75) is 13.8 Å². The van der Waals surface area contributed by atoms with Crippen molar-refractivity contribution >= 4 is 5.71 Å². The van der Waals surface area contributed by atoms with Gasteiger partial charge >= 0.3 is 0 Å². The molecular formula is C15H15NO2. The van der Waals surface area contributed by atoms with E-state index in [4.69, 9.17) is 4.84 Å². The molecule has 18 heavy (non-hydrogen) atoms. The first-order chi connectivity index (χ1) is 8.65. The molecule has 0 bridgehead atoms. The van der Waals surface area contributed by atoms with E-state index >= 15 is 0 Å². The maximum absolute atomic E-state index is 9.20. The molecule has 0 aliphatic rings. The smallest absolute Gasteiger partial charge is 0.157 e. The SMILES string of the molecule is C/C(=N\Oc1ccc(C)cc1)c1ccc(O)cc1. The summed E-state index contributed by atoms with van der Waals surface area (Å²) in [7, 11) is 0. The van der Waals surface area contributed by atoms with Crippen LogP contribution >= 0.6 is 0 Å². The Bertz CT molecular complexity index is 542. The van der Waals surface area contributed by atoms with E-state index < -0.39 is 0 Å². The summed E-state index contributed by atoms with van der Waals surface area (Å²) in [6, 6.07) is 14.5. The molecule has 3 nitrogen and oxygen atoms in total. The van der Waals surface area contributed by atoms with Gasteiger partial charge in [-0.2, -0.15) is 0 Å². The lowest BCUT2D eigenvalue weighted by molar-refractivity contribution is 0.341. The summed E-state index contributed by atoms with van der Waals surface area (Å²) in [5.74, 6) is 0.949. The maximum Gasteiger partial charge on any atom is 0.157 e.